The minimum Gasteiger partial charge on any atom is -0.490 e. The lowest BCUT2D eigenvalue weighted by Crippen LogP contribution is -2.49. The zero-order valence-corrected chi connectivity index (χ0v) is 25.0. The Balaban J connectivity index is 1.46. The van der Waals surface area contributed by atoms with Gasteiger partial charge in [-0.25, -0.2) is 0 Å². The van der Waals surface area contributed by atoms with E-state index in [9.17, 15) is 9.90 Å². The maximum Gasteiger partial charge on any atom is 0.261 e. The van der Waals surface area contributed by atoms with Crippen LogP contribution in [-0.4, -0.2) is 42.6 Å². The standard InChI is InChI=1S/C33H41ClN2O3S/c1-4-7-30(37)27-12-9-25(27)18-36-20-33(15-6-8-23-16-26(34)11-13-28(23)33)21-39-31-14-10-24(17-29(31)36)32(38)35-40-19-22(3)5-2/h4-5,10-11,13-14,16-17,22,25,27,30,37H,1-2,6-9,12,15,18-21H2,3H3,(H,35,38)/t22-,25+,27-,30+,33+/m1/s1. The normalized spacial score (nSPS) is 24.9. The third-order valence-corrected chi connectivity index (χ3v) is 10.3. The minimum atomic E-state index is -0.363. The molecule has 0 radical (unpaired) electrons. The van der Waals surface area contributed by atoms with Crippen LogP contribution in [0.3, 0.4) is 0 Å². The highest BCUT2D eigenvalue weighted by atomic mass is 35.5. The Morgan fingerprint density at radius 3 is 2.90 bits per heavy atom. The number of fused-ring (bicyclic) bond motifs is 3. The van der Waals surface area contributed by atoms with Gasteiger partial charge in [-0.15, -0.1) is 13.2 Å². The number of rotatable bonds is 10. The summed E-state index contributed by atoms with van der Waals surface area (Å²) in [5.41, 5.74) is 4.04. The van der Waals surface area contributed by atoms with E-state index in [2.05, 4.69) is 41.8 Å². The summed E-state index contributed by atoms with van der Waals surface area (Å²) >= 11 is 7.81. The van der Waals surface area contributed by atoms with Crippen molar-refractivity contribution in [3.05, 3.63) is 83.4 Å². The number of nitrogens with zero attached hydrogens (tertiary/aromatic N) is 1. The summed E-state index contributed by atoms with van der Waals surface area (Å²) in [6, 6.07) is 12.1. The van der Waals surface area contributed by atoms with Crippen LogP contribution in [0.1, 0.15) is 60.5 Å². The number of hydrogen-bond donors (Lipinski definition) is 2. The molecular formula is C33H41ClN2O3S. The van der Waals surface area contributed by atoms with Crippen LogP contribution < -0.4 is 14.4 Å². The van der Waals surface area contributed by atoms with E-state index in [-0.39, 0.29) is 23.3 Å². The number of aliphatic hydroxyl groups is 1. The fourth-order valence-electron chi connectivity index (χ4n) is 6.58. The topological polar surface area (TPSA) is 61.8 Å². The number of aryl methyl sites for hydroxylation is 1. The summed E-state index contributed by atoms with van der Waals surface area (Å²) < 4.78 is 9.57. The van der Waals surface area contributed by atoms with E-state index in [0.29, 0.717) is 30.4 Å². The molecule has 3 aliphatic rings. The molecule has 0 bridgehead atoms. The van der Waals surface area contributed by atoms with Crippen molar-refractivity contribution in [1.29, 1.82) is 0 Å². The molecule has 0 aromatic heterocycles. The molecule has 214 valence electrons. The fourth-order valence-corrected chi connectivity index (χ4v) is 7.50. The van der Waals surface area contributed by atoms with Crippen LogP contribution >= 0.6 is 23.5 Å². The summed E-state index contributed by atoms with van der Waals surface area (Å²) in [6.07, 6.45) is 9.22. The zero-order chi connectivity index (χ0) is 28.3. The molecule has 1 spiro atoms. The molecular weight excluding hydrogens is 540 g/mol. The van der Waals surface area contributed by atoms with Crippen LogP contribution in [0, 0.1) is 17.8 Å². The molecule has 0 saturated heterocycles. The number of nitrogens with one attached hydrogen (secondary N) is 1. The summed E-state index contributed by atoms with van der Waals surface area (Å²) in [7, 11) is 0. The van der Waals surface area contributed by atoms with Gasteiger partial charge < -0.3 is 14.7 Å². The van der Waals surface area contributed by atoms with Crippen LogP contribution in [0.25, 0.3) is 0 Å². The van der Waals surface area contributed by atoms with Crippen LogP contribution in [0.4, 0.5) is 5.69 Å². The number of halogens is 1. The predicted molar refractivity (Wildman–Crippen MR) is 167 cm³/mol. The van der Waals surface area contributed by atoms with E-state index < -0.39 is 0 Å². The second-order valence-electron chi connectivity index (χ2n) is 11.8. The summed E-state index contributed by atoms with van der Waals surface area (Å²) in [5.74, 6) is 2.43. The predicted octanol–water partition coefficient (Wildman–Crippen LogP) is 6.98. The molecule has 7 heteroatoms. The molecule has 5 nitrogen and oxygen atoms in total. The van der Waals surface area contributed by atoms with Crippen molar-refractivity contribution in [2.45, 2.75) is 57.0 Å². The van der Waals surface area contributed by atoms with Crippen molar-refractivity contribution in [2.24, 2.45) is 17.8 Å². The van der Waals surface area contributed by atoms with Gasteiger partial charge in [-0.3, -0.25) is 9.52 Å². The molecule has 5 atom stereocenters. The number of amides is 1. The van der Waals surface area contributed by atoms with Gasteiger partial charge in [0, 0.05) is 34.8 Å². The number of aliphatic hydroxyl groups excluding tert-OH is 1. The van der Waals surface area contributed by atoms with E-state index in [1.807, 2.05) is 36.4 Å². The van der Waals surface area contributed by atoms with E-state index in [4.69, 9.17) is 16.3 Å². The molecule has 1 aliphatic heterocycles. The Morgan fingerprint density at radius 1 is 1.30 bits per heavy atom. The lowest BCUT2D eigenvalue weighted by atomic mass is 9.68. The van der Waals surface area contributed by atoms with Gasteiger partial charge in [-0.05, 0) is 110 Å². The fraction of sp³-hybridized carbons (Fsp3) is 0.485. The quantitative estimate of drug-likeness (QED) is 0.235. The summed E-state index contributed by atoms with van der Waals surface area (Å²) in [5, 5.41) is 11.6. The van der Waals surface area contributed by atoms with Crippen LogP contribution in [0.15, 0.2) is 61.7 Å². The van der Waals surface area contributed by atoms with Crippen LogP contribution in [0.5, 0.6) is 5.75 Å². The molecule has 1 fully saturated rings. The van der Waals surface area contributed by atoms with Gasteiger partial charge in [0.2, 0.25) is 0 Å². The Kier molecular flexibility index (Phi) is 9.18. The second kappa shape index (κ2) is 12.6. The first-order valence-corrected chi connectivity index (χ1v) is 15.8. The molecule has 40 heavy (non-hydrogen) atoms. The Labute approximate surface area is 248 Å². The first-order chi connectivity index (χ1) is 19.3. The molecule has 1 heterocycles. The first-order valence-electron chi connectivity index (χ1n) is 14.5. The van der Waals surface area contributed by atoms with Crippen molar-refractivity contribution in [1.82, 2.24) is 4.72 Å². The molecule has 1 amide bonds. The molecule has 5 rings (SSSR count). The van der Waals surface area contributed by atoms with E-state index in [1.165, 1.54) is 23.1 Å². The highest BCUT2D eigenvalue weighted by Gasteiger charge is 2.44. The Bertz CT molecular complexity index is 1250. The van der Waals surface area contributed by atoms with Gasteiger partial charge >= 0.3 is 0 Å². The van der Waals surface area contributed by atoms with E-state index in [0.717, 1.165) is 67.4 Å². The molecule has 2 aliphatic carbocycles. The van der Waals surface area contributed by atoms with Crippen LogP contribution in [-0.2, 0) is 11.8 Å². The second-order valence-corrected chi connectivity index (χ2v) is 13.1. The third kappa shape index (κ3) is 6.09. The van der Waals surface area contributed by atoms with Gasteiger partial charge in [0.1, 0.15) is 5.75 Å². The number of carbonyl (C=O) groups is 1. The number of hydrogen-bond acceptors (Lipinski definition) is 5. The Hall–Kier alpha value is -2.41. The minimum absolute atomic E-state index is 0.108. The molecule has 0 unspecified atom stereocenters. The van der Waals surface area contributed by atoms with Crippen molar-refractivity contribution < 1.29 is 14.6 Å². The van der Waals surface area contributed by atoms with Gasteiger partial charge in [-0.2, -0.15) is 0 Å². The smallest absolute Gasteiger partial charge is 0.261 e. The number of allylic oxidation sites excluding steroid dienone is 1. The van der Waals surface area contributed by atoms with Gasteiger partial charge in [0.15, 0.2) is 0 Å². The lowest BCUT2D eigenvalue weighted by Gasteiger charge is -2.45. The molecule has 2 aromatic carbocycles. The summed E-state index contributed by atoms with van der Waals surface area (Å²) in [4.78, 5) is 15.6. The monoisotopic (exact) mass is 580 g/mol. The molecule has 2 aromatic rings. The largest absolute Gasteiger partial charge is 0.490 e. The maximum absolute atomic E-state index is 13.1. The van der Waals surface area contributed by atoms with Gasteiger partial charge in [0.25, 0.3) is 5.91 Å². The first kappa shape index (κ1) is 29.1. The lowest BCUT2D eigenvalue weighted by molar-refractivity contribution is 0.0178. The summed E-state index contributed by atoms with van der Waals surface area (Å²) in [6.45, 7) is 11.9. The molecule has 1 saturated carbocycles. The van der Waals surface area contributed by atoms with Crippen molar-refractivity contribution in [3.63, 3.8) is 0 Å². The van der Waals surface area contributed by atoms with E-state index in [1.54, 1.807) is 0 Å². The van der Waals surface area contributed by atoms with Crippen LogP contribution in [0.2, 0.25) is 5.02 Å². The average Bonchev–Trinajstić information content (AvgIpc) is 3.08. The zero-order valence-electron chi connectivity index (χ0n) is 23.4. The third-order valence-electron chi connectivity index (χ3n) is 9.05. The number of benzene rings is 2. The van der Waals surface area contributed by atoms with Crippen molar-refractivity contribution in [2.75, 3.05) is 30.3 Å². The highest BCUT2D eigenvalue weighted by molar-refractivity contribution is 7.97. The van der Waals surface area contributed by atoms with Gasteiger partial charge in [0.05, 0.1) is 18.4 Å². The SMILES string of the molecule is C=CC[C@H](O)[C@@H]1CC[C@H]1CN1C[C@@]2(CCCc3cc(Cl)ccc32)COc2ccc(C(=O)NSC[C@H](C)C=C)cc21. The molecule has 2 N–H and O–H groups in total. The number of carbonyl (C=O) groups excluding carboxylic acids is 1. The maximum atomic E-state index is 13.1. The average molecular weight is 581 g/mol. The van der Waals surface area contributed by atoms with Crippen molar-refractivity contribution >= 4 is 35.1 Å². The van der Waals surface area contributed by atoms with E-state index >= 15 is 0 Å². The van der Waals surface area contributed by atoms with Gasteiger partial charge in [-0.1, -0.05) is 36.7 Å². The number of ether oxygens (including phenoxy) is 1. The Morgan fingerprint density at radius 2 is 2.15 bits per heavy atom. The highest BCUT2D eigenvalue weighted by Crippen LogP contribution is 2.46. The number of anilines is 1. The van der Waals surface area contributed by atoms with Crippen molar-refractivity contribution in [3.8, 4) is 5.75 Å².